The summed E-state index contributed by atoms with van der Waals surface area (Å²) in [5, 5.41) is 2.74. The number of carbonyl (C=O) groups excluding carboxylic acids is 1. The Hall–Kier alpha value is -3.23. The number of amides is 2. The van der Waals surface area contributed by atoms with Gasteiger partial charge in [0.1, 0.15) is 11.4 Å². The third kappa shape index (κ3) is 5.15. The van der Waals surface area contributed by atoms with E-state index in [0.717, 1.165) is 11.3 Å². The SMILES string of the molecule is CN(Cc1ccccc1OC(F)(F)F)C(=O)NCCc1cn2ccccc2n1. The summed E-state index contributed by atoms with van der Waals surface area (Å²) in [6.45, 7) is 0.334. The van der Waals surface area contributed by atoms with Gasteiger partial charge in [0.15, 0.2) is 0 Å². The Morgan fingerprint density at radius 3 is 2.71 bits per heavy atom. The number of hydrogen-bond donors (Lipinski definition) is 1. The molecule has 2 amide bonds. The van der Waals surface area contributed by atoms with Crippen LogP contribution in [0.4, 0.5) is 18.0 Å². The van der Waals surface area contributed by atoms with Gasteiger partial charge in [-0.1, -0.05) is 24.3 Å². The van der Waals surface area contributed by atoms with E-state index in [1.807, 2.05) is 35.0 Å². The highest BCUT2D eigenvalue weighted by molar-refractivity contribution is 5.73. The maximum atomic E-state index is 12.5. The zero-order valence-electron chi connectivity index (χ0n) is 15.1. The fraction of sp³-hybridized carbons (Fsp3) is 0.263. The minimum Gasteiger partial charge on any atom is -0.405 e. The third-order valence-corrected chi connectivity index (χ3v) is 4.02. The molecule has 0 spiro atoms. The number of alkyl halides is 3. The molecule has 0 radical (unpaired) electrons. The number of halogens is 3. The van der Waals surface area contributed by atoms with Gasteiger partial charge in [0.2, 0.25) is 0 Å². The van der Waals surface area contributed by atoms with Gasteiger partial charge in [-0.2, -0.15) is 0 Å². The number of nitrogens with one attached hydrogen (secondary N) is 1. The first kappa shape index (κ1) is 19.5. The highest BCUT2D eigenvalue weighted by Crippen LogP contribution is 2.26. The van der Waals surface area contributed by atoms with Crippen LogP contribution in [-0.4, -0.2) is 40.3 Å². The fourth-order valence-electron chi connectivity index (χ4n) is 2.73. The summed E-state index contributed by atoms with van der Waals surface area (Å²) in [4.78, 5) is 18.0. The molecule has 1 aromatic carbocycles. The molecule has 1 N–H and O–H groups in total. The van der Waals surface area contributed by atoms with Crippen molar-refractivity contribution in [2.24, 2.45) is 0 Å². The number of nitrogens with zero attached hydrogens (tertiary/aromatic N) is 3. The summed E-state index contributed by atoms with van der Waals surface area (Å²) < 4.78 is 43.4. The molecule has 3 rings (SSSR count). The van der Waals surface area contributed by atoms with Crippen molar-refractivity contribution in [3.8, 4) is 5.75 Å². The lowest BCUT2D eigenvalue weighted by Crippen LogP contribution is -2.38. The molecule has 3 aromatic rings. The van der Waals surface area contributed by atoms with Gasteiger partial charge < -0.3 is 19.4 Å². The smallest absolute Gasteiger partial charge is 0.405 e. The molecule has 148 valence electrons. The molecular weight excluding hydrogens is 373 g/mol. The van der Waals surface area contributed by atoms with Crippen LogP contribution in [0.25, 0.3) is 5.65 Å². The highest BCUT2D eigenvalue weighted by atomic mass is 19.4. The van der Waals surface area contributed by atoms with E-state index in [-0.39, 0.29) is 17.9 Å². The highest BCUT2D eigenvalue weighted by Gasteiger charge is 2.32. The number of imidazole rings is 1. The van der Waals surface area contributed by atoms with Gasteiger partial charge in [-0.3, -0.25) is 0 Å². The molecule has 2 aromatic heterocycles. The Morgan fingerprint density at radius 1 is 1.21 bits per heavy atom. The Balaban J connectivity index is 1.53. The maximum absolute atomic E-state index is 12.5. The average Bonchev–Trinajstić information content (AvgIpc) is 3.04. The number of aromatic nitrogens is 2. The van der Waals surface area contributed by atoms with Crippen molar-refractivity contribution < 1.29 is 22.7 Å². The molecule has 2 heterocycles. The van der Waals surface area contributed by atoms with Crippen LogP contribution in [0.15, 0.2) is 54.9 Å². The first-order chi connectivity index (χ1) is 13.3. The molecule has 0 saturated heterocycles. The molecule has 6 nitrogen and oxygen atoms in total. The number of fused-ring (bicyclic) bond motifs is 1. The van der Waals surface area contributed by atoms with Gasteiger partial charge in [-0.25, -0.2) is 9.78 Å². The van der Waals surface area contributed by atoms with Gasteiger partial charge in [-0.05, 0) is 18.2 Å². The number of para-hydroxylation sites is 1. The van der Waals surface area contributed by atoms with Gasteiger partial charge in [-0.15, -0.1) is 13.2 Å². The summed E-state index contributed by atoms with van der Waals surface area (Å²) in [5.74, 6) is -0.320. The van der Waals surface area contributed by atoms with Crippen molar-refractivity contribution in [1.29, 1.82) is 0 Å². The van der Waals surface area contributed by atoms with Crippen LogP contribution in [0, 0.1) is 0 Å². The van der Waals surface area contributed by atoms with Gasteiger partial charge in [0.25, 0.3) is 0 Å². The van der Waals surface area contributed by atoms with E-state index >= 15 is 0 Å². The summed E-state index contributed by atoms with van der Waals surface area (Å²) >= 11 is 0. The van der Waals surface area contributed by atoms with Gasteiger partial charge in [0, 0.05) is 38.0 Å². The number of pyridine rings is 1. The first-order valence-corrected chi connectivity index (χ1v) is 8.57. The Bertz CT molecular complexity index is 923. The maximum Gasteiger partial charge on any atom is 0.573 e. The molecule has 28 heavy (non-hydrogen) atoms. The van der Waals surface area contributed by atoms with E-state index in [1.165, 1.54) is 30.1 Å². The van der Waals surface area contributed by atoms with Crippen LogP contribution >= 0.6 is 0 Å². The first-order valence-electron chi connectivity index (χ1n) is 8.57. The average molecular weight is 392 g/mol. The monoisotopic (exact) mass is 392 g/mol. The minimum atomic E-state index is -4.79. The Labute approximate surface area is 159 Å². The second-order valence-electron chi connectivity index (χ2n) is 6.19. The summed E-state index contributed by atoms with van der Waals surface area (Å²) in [6.07, 6.45) is -0.478. The van der Waals surface area contributed by atoms with E-state index in [2.05, 4.69) is 15.0 Å². The molecule has 0 aliphatic carbocycles. The molecule has 0 unspecified atom stereocenters. The van der Waals surface area contributed by atoms with Crippen LogP contribution < -0.4 is 10.1 Å². The van der Waals surface area contributed by atoms with E-state index in [4.69, 9.17) is 0 Å². The van der Waals surface area contributed by atoms with E-state index in [9.17, 15) is 18.0 Å². The number of benzene rings is 1. The Morgan fingerprint density at radius 2 is 1.96 bits per heavy atom. The summed E-state index contributed by atoms with van der Waals surface area (Å²) in [5.41, 5.74) is 1.91. The zero-order chi connectivity index (χ0) is 20.1. The second kappa shape index (κ2) is 8.20. The van der Waals surface area contributed by atoms with Gasteiger partial charge >= 0.3 is 12.4 Å². The number of urea groups is 1. The van der Waals surface area contributed by atoms with Crippen LogP contribution in [0.5, 0.6) is 5.75 Å². The topological polar surface area (TPSA) is 58.9 Å². The molecule has 0 atom stereocenters. The normalized spacial score (nSPS) is 11.4. The van der Waals surface area contributed by atoms with Crippen molar-refractivity contribution in [3.63, 3.8) is 0 Å². The van der Waals surface area contributed by atoms with E-state index < -0.39 is 12.4 Å². The second-order valence-corrected chi connectivity index (χ2v) is 6.19. The molecule has 0 fully saturated rings. The quantitative estimate of drug-likeness (QED) is 0.697. The predicted octanol–water partition coefficient (Wildman–Crippen LogP) is 3.62. The molecular formula is C19H19F3N4O2. The fourth-order valence-corrected chi connectivity index (χ4v) is 2.73. The van der Waals surface area contributed by atoms with Crippen LogP contribution in [0.2, 0.25) is 0 Å². The lowest BCUT2D eigenvalue weighted by atomic mass is 10.2. The van der Waals surface area contributed by atoms with E-state index in [0.29, 0.717) is 13.0 Å². The van der Waals surface area contributed by atoms with Crippen molar-refractivity contribution in [2.45, 2.75) is 19.3 Å². The number of rotatable bonds is 6. The standard InChI is InChI=1S/C19H19F3N4O2/c1-25(12-14-6-2-3-7-16(14)28-19(20,21)22)18(27)23-10-9-15-13-26-11-5-4-8-17(26)24-15/h2-8,11,13H,9-10,12H2,1H3,(H,23,27). The van der Waals surface area contributed by atoms with Crippen LogP contribution in [-0.2, 0) is 13.0 Å². The van der Waals surface area contributed by atoms with Crippen LogP contribution in [0.3, 0.4) is 0 Å². The van der Waals surface area contributed by atoms with Crippen LogP contribution in [0.1, 0.15) is 11.3 Å². The Kier molecular flexibility index (Phi) is 5.72. The van der Waals surface area contributed by atoms with Crippen molar-refractivity contribution in [2.75, 3.05) is 13.6 Å². The zero-order valence-corrected chi connectivity index (χ0v) is 15.1. The minimum absolute atomic E-state index is 0.0214. The van der Waals surface area contributed by atoms with Crippen molar-refractivity contribution >= 4 is 11.7 Å². The van der Waals surface area contributed by atoms with Crippen molar-refractivity contribution in [1.82, 2.24) is 19.6 Å². The molecule has 0 saturated carbocycles. The number of carbonyl (C=O) groups is 1. The van der Waals surface area contributed by atoms with Gasteiger partial charge in [0.05, 0.1) is 12.2 Å². The third-order valence-electron chi connectivity index (χ3n) is 4.02. The summed E-state index contributed by atoms with van der Waals surface area (Å²) in [7, 11) is 1.50. The lowest BCUT2D eigenvalue weighted by molar-refractivity contribution is -0.275. The molecule has 0 aliphatic rings. The van der Waals surface area contributed by atoms with E-state index in [1.54, 1.807) is 6.07 Å². The number of hydrogen-bond acceptors (Lipinski definition) is 3. The molecule has 0 bridgehead atoms. The molecule has 9 heteroatoms. The number of ether oxygens (including phenoxy) is 1. The lowest BCUT2D eigenvalue weighted by Gasteiger charge is -2.20. The van der Waals surface area contributed by atoms with Crippen molar-refractivity contribution in [3.05, 3.63) is 66.1 Å². The molecule has 0 aliphatic heterocycles. The predicted molar refractivity (Wildman–Crippen MR) is 96.9 cm³/mol. The summed E-state index contributed by atoms with van der Waals surface area (Å²) in [6, 6.07) is 11.0. The largest absolute Gasteiger partial charge is 0.573 e.